The van der Waals surface area contributed by atoms with Gasteiger partial charge in [0, 0.05) is 50.0 Å². The van der Waals surface area contributed by atoms with E-state index < -0.39 is 10.0 Å². The Bertz CT molecular complexity index is 943. The maximum atomic E-state index is 12.2. The molecule has 0 bridgehead atoms. The summed E-state index contributed by atoms with van der Waals surface area (Å²) in [5.41, 5.74) is 1.11. The van der Waals surface area contributed by atoms with E-state index >= 15 is 0 Å². The first-order valence-electron chi connectivity index (χ1n) is 9.50. The van der Waals surface area contributed by atoms with Crippen molar-refractivity contribution in [2.24, 2.45) is 4.99 Å². The summed E-state index contributed by atoms with van der Waals surface area (Å²) >= 11 is 6.09. The van der Waals surface area contributed by atoms with Gasteiger partial charge in [-0.25, -0.2) is 13.1 Å². The molecular weight excluding hydrogens is 537 g/mol. The molecule has 7 nitrogen and oxygen atoms in total. The number of nitrogens with one attached hydrogen (secondary N) is 3. The van der Waals surface area contributed by atoms with Crippen LogP contribution in [0.15, 0.2) is 64.5 Å². The molecule has 0 spiro atoms. The molecule has 0 radical (unpaired) electrons. The van der Waals surface area contributed by atoms with Crippen molar-refractivity contribution in [3.63, 3.8) is 0 Å². The molecule has 0 saturated carbocycles. The smallest absolute Gasteiger partial charge is 0.240 e. The number of anilines is 1. The maximum absolute atomic E-state index is 12.2. The second-order valence-electron chi connectivity index (χ2n) is 6.77. The van der Waals surface area contributed by atoms with Crippen LogP contribution in [-0.4, -0.2) is 53.6 Å². The second-order valence-corrected chi connectivity index (χ2v) is 8.97. The lowest BCUT2D eigenvalue weighted by molar-refractivity contribution is 0.579. The molecule has 2 aromatic rings. The standard InChI is InChI=1S/C20H26ClN5O2S.HI/c1-22-20(23-11-12-24-29(27,28)19-8-3-2-4-9-19)25-17-10-13-26(15-17)18-7-5-6-16(21)14-18;/h2-9,14,17,24H,10-13,15H2,1H3,(H2,22,23,25);1H. The quantitative estimate of drug-likeness (QED) is 0.209. The number of halogens is 2. The van der Waals surface area contributed by atoms with Gasteiger partial charge in [-0.15, -0.1) is 24.0 Å². The van der Waals surface area contributed by atoms with E-state index in [0.29, 0.717) is 12.5 Å². The summed E-state index contributed by atoms with van der Waals surface area (Å²) in [6.07, 6.45) is 0.980. The van der Waals surface area contributed by atoms with Crippen molar-refractivity contribution >= 4 is 57.2 Å². The molecule has 0 amide bonds. The minimum atomic E-state index is -3.50. The monoisotopic (exact) mass is 563 g/mol. The van der Waals surface area contributed by atoms with E-state index in [1.54, 1.807) is 37.4 Å². The van der Waals surface area contributed by atoms with Crippen LogP contribution in [0.25, 0.3) is 0 Å². The molecule has 3 N–H and O–H groups in total. The van der Waals surface area contributed by atoms with Crippen LogP contribution in [0.5, 0.6) is 0 Å². The van der Waals surface area contributed by atoms with Crippen molar-refractivity contribution in [2.45, 2.75) is 17.4 Å². The molecule has 1 unspecified atom stereocenters. The van der Waals surface area contributed by atoms with Crippen molar-refractivity contribution in [1.29, 1.82) is 0 Å². The number of aliphatic imine (C=N–C) groups is 1. The number of nitrogens with zero attached hydrogens (tertiary/aromatic N) is 2. The molecule has 1 heterocycles. The number of sulfonamides is 1. The van der Waals surface area contributed by atoms with Gasteiger partial charge in [0.2, 0.25) is 10.0 Å². The highest BCUT2D eigenvalue weighted by Crippen LogP contribution is 2.23. The van der Waals surface area contributed by atoms with E-state index in [2.05, 4.69) is 31.3 Å². The fourth-order valence-electron chi connectivity index (χ4n) is 3.22. The van der Waals surface area contributed by atoms with Crippen molar-refractivity contribution in [1.82, 2.24) is 15.4 Å². The van der Waals surface area contributed by atoms with Crippen LogP contribution in [0.3, 0.4) is 0 Å². The van der Waals surface area contributed by atoms with Gasteiger partial charge in [0.25, 0.3) is 0 Å². The molecular formula is C20H27ClIN5O2S. The van der Waals surface area contributed by atoms with Gasteiger partial charge >= 0.3 is 0 Å². The first-order valence-corrected chi connectivity index (χ1v) is 11.4. The molecule has 1 atom stereocenters. The van der Waals surface area contributed by atoms with Crippen LogP contribution in [0.2, 0.25) is 5.02 Å². The fraction of sp³-hybridized carbons (Fsp3) is 0.350. The zero-order chi connectivity index (χ0) is 20.7. The summed E-state index contributed by atoms with van der Waals surface area (Å²) in [6.45, 7) is 2.47. The molecule has 1 saturated heterocycles. The van der Waals surface area contributed by atoms with Crippen LogP contribution in [0.1, 0.15) is 6.42 Å². The fourth-order valence-corrected chi connectivity index (χ4v) is 4.46. The van der Waals surface area contributed by atoms with Gasteiger partial charge in [-0.2, -0.15) is 0 Å². The Morgan fingerprint density at radius 3 is 2.63 bits per heavy atom. The van der Waals surface area contributed by atoms with Crippen molar-refractivity contribution in [3.8, 4) is 0 Å². The molecule has 0 aromatic heterocycles. The number of rotatable bonds is 7. The molecule has 1 aliphatic rings. The molecule has 0 aliphatic carbocycles. The van der Waals surface area contributed by atoms with E-state index in [1.165, 1.54) is 0 Å². The van der Waals surface area contributed by atoms with Crippen molar-refractivity contribution in [2.75, 3.05) is 38.1 Å². The third-order valence-corrected chi connectivity index (χ3v) is 6.40. The maximum Gasteiger partial charge on any atom is 0.240 e. The third-order valence-electron chi connectivity index (χ3n) is 4.69. The number of hydrogen-bond donors (Lipinski definition) is 3. The molecule has 1 aliphatic heterocycles. The Hall–Kier alpha value is -1.56. The summed E-state index contributed by atoms with van der Waals surface area (Å²) in [5, 5.41) is 7.28. The van der Waals surface area contributed by atoms with Crippen LogP contribution in [0.4, 0.5) is 5.69 Å². The first-order chi connectivity index (χ1) is 14.0. The SMILES string of the molecule is CN=C(NCCNS(=O)(=O)c1ccccc1)NC1CCN(c2cccc(Cl)c2)C1.I. The summed E-state index contributed by atoms with van der Waals surface area (Å²) in [4.78, 5) is 6.77. The van der Waals surface area contributed by atoms with Crippen molar-refractivity contribution in [3.05, 3.63) is 59.6 Å². The highest BCUT2D eigenvalue weighted by atomic mass is 127. The summed E-state index contributed by atoms with van der Waals surface area (Å²) in [5.74, 6) is 0.654. The van der Waals surface area contributed by atoms with Gasteiger partial charge in [0.1, 0.15) is 0 Å². The minimum absolute atomic E-state index is 0. The molecule has 10 heteroatoms. The summed E-state index contributed by atoms with van der Waals surface area (Å²) in [7, 11) is -1.79. The highest BCUT2D eigenvalue weighted by Gasteiger charge is 2.23. The number of guanidine groups is 1. The average molecular weight is 564 g/mol. The topological polar surface area (TPSA) is 85.8 Å². The Morgan fingerprint density at radius 2 is 1.93 bits per heavy atom. The molecule has 1 fully saturated rings. The van der Waals surface area contributed by atoms with Gasteiger partial charge < -0.3 is 15.5 Å². The van der Waals surface area contributed by atoms with Gasteiger partial charge in [0.05, 0.1) is 4.90 Å². The molecule has 30 heavy (non-hydrogen) atoms. The number of benzene rings is 2. The summed E-state index contributed by atoms with van der Waals surface area (Å²) < 4.78 is 27.0. The second kappa shape index (κ2) is 11.7. The van der Waals surface area contributed by atoms with Crippen LogP contribution >= 0.6 is 35.6 Å². The third kappa shape index (κ3) is 7.00. The average Bonchev–Trinajstić information content (AvgIpc) is 3.19. The molecule has 2 aromatic carbocycles. The Kier molecular flexibility index (Phi) is 9.66. The number of hydrogen-bond acceptors (Lipinski definition) is 4. The largest absolute Gasteiger partial charge is 0.369 e. The zero-order valence-corrected chi connectivity index (χ0v) is 20.6. The minimum Gasteiger partial charge on any atom is -0.369 e. The highest BCUT2D eigenvalue weighted by molar-refractivity contribution is 14.0. The van der Waals surface area contributed by atoms with Crippen molar-refractivity contribution < 1.29 is 8.42 Å². The first kappa shape index (κ1) is 24.7. The predicted octanol–water partition coefficient (Wildman–Crippen LogP) is 2.68. The lowest BCUT2D eigenvalue weighted by Crippen LogP contribution is -2.46. The van der Waals surface area contributed by atoms with E-state index in [4.69, 9.17) is 11.6 Å². The van der Waals surface area contributed by atoms with E-state index in [0.717, 1.165) is 30.2 Å². The van der Waals surface area contributed by atoms with Crippen LogP contribution in [-0.2, 0) is 10.0 Å². The predicted molar refractivity (Wildman–Crippen MR) is 134 cm³/mol. The van der Waals surface area contributed by atoms with Gasteiger partial charge in [-0.05, 0) is 36.8 Å². The van der Waals surface area contributed by atoms with Crippen LogP contribution < -0.4 is 20.3 Å². The lowest BCUT2D eigenvalue weighted by atomic mass is 10.3. The van der Waals surface area contributed by atoms with Gasteiger partial charge in [0.15, 0.2) is 5.96 Å². The Labute approximate surface area is 200 Å². The summed E-state index contributed by atoms with van der Waals surface area (Å²) in [6, 6.07) is 16.4. The molecule has 164 valence electrons. The van der Waals surface area contributed by atoms with E-state index in [-0.39, 0.29) is 41.5 Å². The lowest BCUT2D eigenvalue weighted by Gasteiger charge is -2.20. The Balaban J connectivity index is 0.00000320. The molecule has 3 rings (SSSR count). The normalized spacial score (nSPS) is 16.8. The van der Waals surface area contributed by atoms with E-state index in [9.17, 15) is 8.42 Å². The van der Waals surface area contributed by atoms with Gasteiger partial charge in [-0.1, -0.05) is 35.9 Å². The van der Waals surface area contributed by atoms with E-state index in [1.807, 2.05) is 18.2 Å². The Morgan fingerprint density at radius 1 is 1.17 bits per heavy atom. The van der Waals surface area contributed by atoms with Crippen LogP contribution in [0, 0.1) is 0 Å². The zero-order valence-electron chi connectivity index (χ0n) is 16.7. The van der Waals surface area contributed by atoms with Gasteiger partial charge in [-0.3, -0.25) is 4.99 Å².